The Balaban J connectivity index is 3.49. The molecule has 0 atom stereocenters. The van der Waals surface area contributed by atoms with Crippen LogP contribution in [0.15, 0.2) is 12.3 Å². The van der Waals surface area contributed by atoms with Gasteiger partial charge in [-0.2, -0.15) is 0 Å². The fourth-order valence-corrected chi connectivity index (χ4v) is 1.50. The molecule has 7 heteroatoms. The summed E-state index contributed by atoms with van der Waals surface area (Å²) in [4.78, 5) is 19.2. The van der Waals surface area contributed by atoms with E-state index in [1.54, 1.807) is 6.92 Å². The first kappa shape index (κ1) is 13.2. The predicted molar refractivity (Wildman–Crippen MR) is 60.4 cm³/mol. The van der Waals surface area contributed by atoms with Crippen molar-refractivity contribution in [1.29, 1.82) is 0 Å². The van der Waals surface area contributed by atoms with Gasteiger partial charge in [0.15, 0.2) is 5.57 Å². The minimum atomic E-state index is -0.788. The highest BCUT2D eigenvalue weighted by Gasteiger charge is 2.25. The molecule has 0 unspecified atom stereocenters. The summed E-state index contributed by atoms with van der Waals surface area (Å²) in [6.45, 7) is 1.62. The number of esters is 1. The Bertz CT molecular complexity index is 453. The second kappa shape index (κ2) is 5.49. The molecule has 0 aliphatic rings. The van der Waals surface area contributed by atoms with E-state index in [-0.39, 0.29) is 16.3 Å². The van der Waals surface area contributed by atoms with Crippen LogP contribution in [0.5, 0.6) is 0 Å². The predicted octanol–water partition coefficient (Wildman–Crippen LogP) is 1.48. The summed E-state index contributed by atoms with van der Waals surface area (Å²) in [6.07, 6.45) is 1.25. The van der Waals surface area contributed by atoms with Gasteiger partial charge in [0.1, 0.15) is 11.5 Å². The summed E-state index contributed by atoms with van der Waals surface area (Å²) in [5.74, 6) is -1.39. The molecule has 92 valence electrons. The molecule has 0 spiro atoms. The Morgan fingerprint density at radius 2 is 2.00 bits per heavy atom. The number of rotatable bonds is 3. The van der Waals surface area contributed by atoms with Crippen molar-refractivity contribution in [3.63, 3.8) is 0 Å². The van der Waals surface area contributed by atoms with Crippen molar-refractivity contribution < 1.29 is 19.4 Å². The number of hydrogen-bond acceptors (Lipinski definition) is 6. The average molecular weight is 259 g/mol. The second-order valence-electron chi connectivity index (χ2n) is 3.00. The third-order valence-corrected chi connectivity index (χ3v) is 2.32. The average Bonchev–Trinajstić information content (AvgIpc) is 2.32. The Morgan fingerprint density at radius 1 is 1.35 bits per heavy atom. The number of carbonyl (C=O) groups excluding carboxylic acids is 1. The standard InChI is InChI=1S/C10H11ClN2O4/c1-5-6(8(11)13-4-12-5)7(9(14)16-2)10(15)17-3/h4,14H,1-3H3/b9-7+. The molecule has 1 aromatic heterocycles. The summed E-state index contributed by atoms with van der Waals surface area (Å²) in [6, 6.07) is 0. The van der Waals surface area contributed by atoms with Crippen LogP contribution in [-0.4, -0.2) is 35.3 Å². The number of aliphatic hydroxyl groups is 1. The molecule has 1 heterocycles. The van der Waals surface area contributed by atoms with Crippen molar-refractivity contribution in [3.8, 4) is 0 Å². The maximum absolute atomic E-state index is 11.6. The fraction of sp³-hybridized carbons (Fsp3) is 0.300. The van der Waals surface area contributed by atoms with Crippen LogP contribution in [0.3, 0.4) is 0 Å². The molecule has 0 saturated heterocycles. The van der Waals surface area contributed by atoms with E-state index in [1.807, 2.05) is 0 Å². The van der Waals surface area contributed by atoms with E-state index < -0.39 is 11.9 Å². The number of hydrogen-bond donors (Lipinski definition) is 1. The Kier molecular flexibility index (Phi) is 4.28. The molecule has 0 aromatic carbocycles. The van der Waals surface area contributed by atoms with Crippen LogP contribution in [-0.2, 0) is 14.3 Å². The highest BCUT2D eigenvalue weighted by Crippen LogP contribution is 2.27. The molecule has 0 bridgehead atoms. The Hall–Kier alpha value is -1.82. The second-order valence-corrected chi connectivity index (χ2v) is 3.36. The van der Waals surface area contributed by atoms with Gasteiger partial charge in [0, 0.05) is 0 Å². The van der Waals surface area contributed by atoms with Gasteiger partial charge in [0.25, 0.3) is 5.95 Å². The Morgan fingerprint density at radius 3 is 2.47 bits per heavy atom. The van der Waals surface area contributed by atoms with E-state index in [1.165, 1.54) is 20.5 Å². The van der Waals surface area contributed by atoms with E-state index in [9.17, 15) is 9.90 Å². The summed E-state index contributed by atoms with van der Waals surface area (Å²) in [7, 11) is 2.39. The summed E-state index contributed by atoms with van der Waals surface area (Å²) in [5.41, 5.74) is 0.396. The largest absolute Gasteiger partial charge is 0.480 e. The van der Waals surface area contributed by atoms with E-state index in [0.717, 1.165) is 0 Å². The molecular formula is C10H11ClN2O4. The van der Waals surface area contributed by atoms with E-state index in [4.69, 9.17) is 11.6 Å². The van der Waals surface area contributed by atoms with Crippen molar-refractivity contribution in [2.75, 3.05) is 14.2 Å². The maximum atomic E-state index is 11.6. The number of halogens is 1. The number of aromatic nitrogens is 2. The highest BCUT2D eigenvalue weighted by molar-refractivity contribution is 6.33. The zero-order valence-electron chi connectivity index (χ0n) is 9.52. The Labute approximate surface area is 103 Å². The first-order chi connectivity index (χ1) is 8.02. The zero-order chi connectivity index (χ0) is 13.0. The molecule has 0 aliphatic heterocycles. The maximum Gasteiger partial charge on any atom is 0.345 e. The third kappa shape index (κ3) is 2.65. The van der Waals surface area contributed by atoms with Crippen LogP contribution >= 0.6 is 11.6 Å². The molecule has 1 rings (SSSR count). The van der Waals surface area contributed by atoms with Gasteiger partial charge < -0.3 is 14.6 Å². The quantitative estimate of drug-likeness (QED) is 0.383. The molecule has 0 amide bonds. The zero-order valence-corrected chi connectivity index (χ0v) is 10.3. The normalized spacial score (nSPS) is 11.8. The number of ether oxygens (including phenoxy) is 2. The van der Waals surface area contributed by atoms with E-state index >= 15 is 0 Å². The molecule has 1 N–H and O–H groups in total. The lowest BCUT2D eigenvalue weighted by Crippen LogP contribution is -2.11. The summed E-state index contributed by atoms with van der Waals surface area (Å²) in [5, 5.41) is 9.59. The van der Waals surface area contributed by atoms with Crippen LogP contribution in [0.4, 0.5) is 0 Å². The van der Waals surface area contributed by atoms with Crippen LogP contribution in [0.1, 0.15) is 11.3 Å². The lowest BCUT2D eigenvalue weighted by atomic mass is 10.1. The molecule has 0 radical (unpaired) electrons. The smallest absolute Gasteiger partial charge is 0.345 e. The van der Waals surface area contributed by atoms with Crippen molar-refractivity contribution in [2.45, 2.75) is 6.92 Å². The minimum absolute atomic E-state index is 0.0292. The van der Waals surface area contributed by atoms with Gasteiger partial charge in [0.2, 0.25) is 0 Å². The third-order valence-electron chi connectivity index (χ3n) is 2.04. The van der Waals surface area contributed by atoms with E-state index in [0.29, 0.717) is 5.69 Å². The molecule has 17 heavy (non-hydrogen) atoms. The lowest BCUT2D eigenvalue weighted by Gasteiger charge is -2.10. The topological polar surface area (TPSA) is 81.5 Å². The number of methoxy groups -OCH3 is 2. The van der Waals surface area contributed by atoms with Gasteiger partial charge in [-0.05, 0) is 6.92 Å². The number of nitrogens with zero attached hydrogens (tertiary/aromatic N) is 2. The van der Waals surface area contributed by atoms with Gasteiger partial charge in [-0.3, -0.25) is 0 Å². The van der Waals surface area contributed by atoms with E-state index in [2.05, 4.69) is 19.4 Å². The van der Waals surface area contributed by atoms with Gasteiger partial charge in [-0.1, -0.05) is 11.6 Å². The van der Waals surface area contributed by atoms with Gasteiger partial charge in [0.05, 0.1) is 25.5 Å². The van der Waals surface area contributed by atoms with Gasteiger partial charge in [-0.25, -0.2) is 14.8 Å². The number of carbonyl (C=O) groups is 1. The number of aryl methyl sites for hydroxylation is 1. The van der Waals surface area contributed by atoms with Crippen molar-refractivity contribution >= 4 is 23.1 Å². The summed E-state index contributed by atoms with van der Waals surface area (Å²) < 4.78 is 9.17. The minimum Gasteiger partial charge on any atom is -0.480 e. The van der Waals surface area contributed by atoms with Crippen molar-refractivity contribution in [3.05, 3.63) is 28.7 Å². The van der Waals surface area contributed by atoms with Crippen molar-refractivity contribution in [1.82, 2.24) is 9.97 Å². The van der Waals surface area contributed by atoms with Gasteiger partial charge in [-0.15, -0.1) is 0 Å². The van der Waals surface area contributed by atoms with Crippen LogP contribution in [0.2, 0.25) is 5.15 Å². The first-order valence-corrected chi connectivity index (χ1v) is 4.93. The lowest BCUT2D eigenvalue weighted by molar-refractivity contribution is -0.134. The molecule has 0 aliphatic carbocycles. The molecule has 0 saturated carbocycles. The van der Waals surface area contributed by atoms with Crippen LogP contribution in [0.25, 0.3) is 5.57 Å². The number of aliphatic hydroxyl groups excluding tert-OH is 1. The molecule has 1 aromatic rings. The van der Waals surface area contributed by atoms with Crippen LogP contribution in [0, 0.1) is 6.92 Å². The monoisotopic (exact) mass is 258 g/mol. The fourth-order valence-electron chi connectivity index (χ4n) is 1.23. The SMILES string of the molecule is COC(=O)/C(=C(\O)OC)c1c(C)ncnc1Cl. The molecule has 0 fully saturated rings. The summed E-state index contributed by atoms with van der Waals surface area (Å²) >= 11 is 5.87. The van der Waals surface area contributed by atoms with Crippen molar-refractivity contribution in [2.24, 2.45) is 0 Å². The van der Waals surface area contributed by atoms with Crippen LogP contribution < -0.4 is 0 Å². The molecule has 6 nitrogen and oxygen atoms in total. The molecular weight excluding hydrogens is 248 g/mol. The first-order valence-electron chi connectivity index (χ1n) is 4.56. The highest BCUT2D eigenvalue weighted by atomic mass is 35.5. The van der Waals surface area contributed by atoms with Gasteiger partial charge >= 0.3 is 5.97 Å².